The van der Waals surface area contributed by atoms with Crippen LogP contribution in [0.4, 0.5) is 5.69 Å². The number of benzene rings is 3. The number of hydrogen-bond donors (Lipinski definition) is 3. The van der Waals surface area contributed by atoms with E-state index in [-0.39, 0.29) is 35.9 Å². The summed E-state index contributed by atoms with van der Waals surface area (Å²) in [7, 11) is 1.52. The highest BCUT2D eigenvalue weighted by molar-refractivity contribution is 6.06. The predicted molar refractivity (Wildman–Crippen MR) is 140 cm³/mol. The number of ether oxygens (including phenoxy) is 2. The first-order valence-electron chi connectivity index (χ1n) is 11.7. The summed E-state index contributed by atoms with van der Waals surface area (Å²) in [5.74, 6) is -1.06. The number of carboxylic acid groups (broad SMARTS) is 1. The molecule has 0 bridgehead atoms. The van der Waals surface area contributed by atoms with E-state index < -0.39 is 17.9 Å². The van der Waals surface area contributed by atoms with E-state index in [0.717, 1.165) is 5.56 Å². The minimum atomic E-state index is -1.20. The van der Waals surface area contributed by atoms with E-state index in [9.17, 15) is 24.7 Å². The van der Waals surface area contributed by atoms with Crippen molar-refractivity contribution in [1.82, 2.24) is 10.3 Å². The molecular formula is C28H25N3O7. The van der Waals surface area contributed by atoms with Crippen LogP contribution in [0, 0.1) is 4.91 Å². The number of aromatic nitrogens is 1. The van der Waals surface area contributed by atoms with Crippen LogP contribution >= 0.6 is 0 Å². The zero-order chi connectivity index (χ0) is 27.1. The van der Waals surface area contributed by atoms with Crippen LogP contribution in [0.1, 0.15) is 32.0 Å². The molecule has 4 aromatic rings. The Balaban J connectivity index is 1.54. The maximum Gasteiger partial charge on any atom is 0.336 e. The number of rotatable bonds is 11. The fourth-order valence-corrected chi connectivity index (χ4v) is 3.95. The topological polar surface area (TPSA) is 147 Å². The monoisotopic (exact) mass is 515 g/mol. The largest absolute Gasteiger partial charge is 0.508 e. The van der Waals surface area contributed by atoms with Gasteiger partial charge in [0.05, 0.1) is 23.7 Å². The molecule has 3 N–H and O–H groups in total. The third kappa shape index (κ3) is 6.48. The van der Waals surface area contributed by atoms with Crippen molar-refractivity contribution in [2.75, 3.05) is 13.7 Å². The smallest absolute Gasteiger partial charge is 0.336 e. The van der Waals surface area contributed by atoms with Gasteiger partial charge >= 0.3 is 5.97 Å². The summed E-state index contributed by atoms with van der Waals surface area (Å²) in [5, 5.41) is 25.4. The standard InChI is InChI=1S/C28H25N3O7/c1-37-16-20(12-17-2-7-21(32)8-3-17)29-27(33)26-14-24(28(34)35)23-13-18(4-11-25(23)30-26)15-38-22-9-5-19(31-36)6-10-22/h2-11,13-14,20,32H,12,15-16H2,1H3,(H,29,33)(H,34,35)/t20-/m0/s1. The molecule has 10 nitrogen and oxygen atoms in total. The summed E-state index contributed by atoms with van der Waals surface area (Å²) < 4.78 is 11.0. The lowest BCUT2D eigenvalue weighted by Crippen LogP contribution is -2.40. The highest BCUT2D eigenvalue weighted by atomic mass is 16.5. The summed E-state index contributed by atoms with van der Waals surface area (Å²) in [5.41, 5.74) is 2.12. The van der Waals surface area contributed by atoms with E-state index in [4.69, 9.17) is 9.47 Å². The molecule has 1 heterocycles. The molecule has 10 heteroatoms. The summed E-state index contributed by atoms with van der Waals surface area (Å²) in [6, 6.07) is 18.8. The van der Waals surface area contributed by atoms with Crippen molar-refractivity contribution >= 4 is 28.5 Å². The molecule has 0 saturated carbocycles. The molecule has 0 unspecified atom stereocenters. The van der Waals surface area contributed by atoms with Crippen LogP contribution in [0.3, 0.4) is 0 Å². The fraction of sp³-hybridized carbons (Fsp3) is 0.179. The summed E-state index contributed by atoms with van der Waals surface area (Å²) in [4.78, 5) is 40.1. The molecule has 194 valence electrons. The average molecular weight is 516 g/mol. The number of carbonyl (C=O) groups is 2. The number of hydrogen-bond acceptors (Lipinski definition) is 8. The van der Waals surface area contributed by atoms with Crippen LogP contribution in [0.15, 0.2) is 78.0 Å². The van der Waals surface area contributed by atoms with Gasteiger partial charge in [0, 0.05) is 12.5 Å². The van der Waals surface area contributed by atoms with Crippen LogP contribution < -0.4 is 10.1 Å². The number of pyridine rings is 1. The number of aromatic carboxylic acids is 1. The lowest BCUT2D eigenvalue weighted by molar-refractivity contribution is 0.0699. The normalized spacial score (nSPS) is 11.6. The Morgan fingerprint density at radius 2 is 1.71 bits per heavy atom. The van der Waals surface area contributed by atoms with E-state index >= 15 is 0 Å². The van der Waals surface area contributed by atoms with E-state index in [2.05, 4.69) is 15.5 Å². The Morgan fingerprint density at radius 3 is 2.37 bits per heavy atom. The summed E-state index contributed by atoms with van der Waals surface area (Å²) in [6.07, 6.45) is 0.441. The predicted octanol–water partition coefficient (Wildman–Crippen LogP) is 4.60. The van der Waals surface area contributed by atoms with E-state index in [0.29, 0.717) is 28.6 Å². The lowest BCUT2D eigenvalue weighted by atomic mass is 10.0. The molecule has 4 rings (SSSR count). The Kier molecular flexibility index (Phi) is 8.24. The molecule has 0 radical (unpaired) electrons. The molecule has 38 heavy (non-hydrogen) atoms. The second-order valence-electron chi connectivity index (χ2n) is 8.58. The van der Waals surface area contributed by atoms with Crippen molar-refractivity contribution in [2.24, 2.45) is 5.18 Å². The minimum absolute atomic E-state index is 0.0328. The SMILES string of the molecule is COC[C@H](Cc1ccc(O)cc1)NC(=O)c1cc(C(=O)O)c2cc(COc3ccc(N=O)cc3)ccc2n1. The van der Waals surface area contributed by atoms with Gasteiger partial charge in [-0.05, 0) is 77.3 Å². The third-order valence-corrected chi connectivity index (χ3v) is 5.81. The molecule has 0 spiro atoms. The number of methoxy groups -OCH3 is 1. The zero-order valence-electron chi connectivity index (χ0n) is 20.5. The number of carbonyl (C=O) groups excluding carboxylic acids is 1. The van der Waals surface area contributed by atoms with Crippen molar-refractivity contribution < 1.29 is 29.3 Å². The number of aromatic hydroxyl groups is 1. The summed E-state index contributed by atoms with van der Waals surface area (Å²) in [6.45, 7) is 0.380. The molecule has 1 atom stereocenters. The van der Waals surface area contributed by atoms with Gasteiger partial charge in [-0.15, -0.1) is 4.91 Å². The third-order valence-electron chi connectivity index (χ3n) is 5.81. The van der Waals surface area contributed by atoms with Gasteiger partial charge in [0.15, 0.2) is 0 Å². The van der Waals surface area contributed by atoms with Crippen molar-refractivity contribution in [1.29, 1.82) is 0 Å². The quantitative estimate of drug-likeness (QED) is 0.246. The highest BCUT2D eigenvalue weighted by Gasteiger charge is 2.20. The summed E-state index contributed by atoms with van der Waals surface area (Å²) >= 11 is 0. The molecule has 1 amide bonds. The molecule has 0 saturated heterocycles. The van der Waals surface area contributed by atoms with Crippen LogP contribution in [0.2, 0.25) is 0 Å². The van der Waals surface area contributed by atoms with Crippen molar-refractivity contribution in [3.05, 3.63) is 100 Å². The maximum atomic E-state index is 13.1. The van der Waals surface area contributed by atoms with Gasteiger partial charge < -0.3 is 25.0 Å². The Labute approximate surface area is 217 Å². The van der Waals surface area contributed by atoms with Gasteiger partial charge in [-0.3, -0.25) is 4.79 Å². The fourth-order valence-electron chi connectivity index (χ4n) is 3.95. The first-order chi connectivity index (χ1) is 18.4. The Morgan fingerprint density at radius 1 is 1.00 bits per heavy atom. The van der Waals surface area contributed by atoms with Crippen LogP contribution in [0.5, 0.6) is 11.5 Å². The Bertz CT molecular complexity index is 1450. The molecule has 0 aliphatic heterocycles. The van der Waals surface area contributed by atoms with Crippen molar-refractivity contribution in [3.63, 3.8) is 0 Å². The molecular weight excluding hydrogens is 490 g/mol. The average Bonchev–Trinajstić information content (AvgIpc) is 2.92. The number of amides is 1. The van der Waals surface area contributed by atoms with Crippen molar-refractivity contribution in [2.45, 2.75) is 19.1 Å². The Hall–Kier alpha value is -4.83. The lowest BCUT2D eigenvalue weighted by Gasteiger charge is -2.18. The van der Waals surface area contributed by atoms with Crippen LogP contribution in [-0.4, -0.2) is 46.8 Å². The molecule has 3 aromatic carbocycles. The molecule has 0 fully saturated rings. The second-order valence-corrected chi connectivity index (χ2v) is 8.58. The van der Waals surface area contributed by atoms with E-state index in [1.807, 2.05) is 0 Å². The van der Waals surface area contributed by atoms with E-state index in [1.165, 1.54) is 25.3 Å². The minimum Gasteiger partial charge on any atom is -0.508 e. The second kappa shape index (κ2) is 11.9. The highest BCUT2D eigenvalue weighted by Crippen LogP contribution is 2.23. The molecule has 1 aromatic heterocycles. The number of carboxylic acids is 1. The number of nitrogens with zero attached hydrogens (tertiary/aromatic N) is 2. The number of fused-ring (bicyclic) bond motifs is 1. The first-order valence-corrected chi connectivity index (χ1v) is 11.7. The van der Waals surface area contributed by atoms with Gasteiger partial charge in [0.2, 0.25) is 0 Å². The first kappa shape index (κ1) is 26.2. The molecule has 0 aliphatic rings. The number of nitrogens with one attached hydrogen (secondary N) is 1. The number of nitroso groups, excluding NO2 is 1. The number of phenolic OH excluding ortho intramolecular Hbond substituents is 1. The van der Waals surface area contributed by atoms with Gasteiger partial charge in [-0.2, -0.15) is 0 Å². The van der Waals surface area contributed by atoms with Gasteiger partial charge in [0.25, 0.3) is 5.91 Å². The van der Waals surface area contributed by atoms with Crippen LogP contribution in [0.25, 0.3) is 10.9 Å². The van der Waals surface area contributed by atoms with Gasteiger partial charge in [-0.1, -0.05) is 18.2 Å². The molecule has 0 aliphatic carbocycles. The van der Waals surface area contributed by atoms with Gasteiger partial charge in [0.1, 0.15) is 29.5 Å². The van der Waals surface area contributed by atoms with Crippen molar-refractivity contribution in [3.8, 4) is 11.5 Å². The van der Waals surface area contributed by atoms with Crippen LogP contribution in [-0.2, 0) is 17.8 Å². The van der Waals surface area contributed by atoms with Gasteiger partial charge in [-0.25, -0.2) is 9.78 Å². The maximum absolute atomic E-state index is 13.1. The van der Waals surface area contributed by atoms with E-state index in [1.54, 1.807) is 54.6 Å². The zero-order valence-corrected chi connectivity index (χ0v) is 20.5. The number of phenols is 1.